The molecule has 0 aliphatic rings. The van der Waals surface area contributed by atoms with Gasteiger partial charge in [0, 0.05) is 29.6 Å². The normalized spacial score (nSPS) is 12.0. The second kappa shape index (κ2) is 5.46. The van der Waals surface area contributed by atoms with Crippen molar-refractivity contribution in [3.05, 3.63) is 72.6 Å². The van der Waals surface area contributed by atoms with Gasteiger partial charge in [0.1, 0.15) is 0 Å². The molecule has 0 bridgehead atoms. The maximum Gasteiger partial charge on any atom is 0.282 e. The zero-order valence-electron chi connectivity index (χ0n) is 11.0. The van der Waals surface area contributed by atoms with E-state index in [0.29, 0.717) is 0 Å². The second-order valence-electron chi connectivity index (χ2n) is 4.47. The lowest BCUT2D eigenvalue weighted by Crippen LogP contribution is -1.97. The zero-order valence-corrected chi connectivity index (χ0v) is 11.9. The van der Waals surface area contributed by atoms with Crippen molar-refractivity contribution in [1.82, 2.24) is 4.98 Å². The Hall–Kier alpha value is -2.53. The van der Waals surface area contributed by atoms with Crippen LogP contribution in [0.4, 0.5) is 0 Å². The van der Waals surface area contributed by atoms with Gasteiger partial charge in [0.2, 0.25) is 0 Å². The van der Waals surface area contributed by atoms with E-state index in [1.165, 1.54) is 18.3 Å². The minimum Gasteiger partial charge on any atom is -0.264 e. The zero-order chi connectivity index (χ0) is 14.7. The molecule has 0 amide bonds. The van der Waals surface area contributed by atoms with Crippen LogP contribution in [0.1, 0.15) is 5.56 Å². The Morgan fingerprint density at radius 3 is 2.57 bits per heavy atom. The molecule has 0 N–H and O–H groups in total. The molecule has 0 unspecified atom stereocenters. The first-order chi connectivity index (χ1) is 10.2. The lowest BCUT2D eigenvalue weighted by molar-refractivity contribution is 0.598. The van der Waals surface area contributed by atoms with Crippen molar-refractivity contribution in [2.45, 2.75) is 4.90 Å². The van der Waals surface area contributed by atoms with Crippen LogP contribution >= 0.6 is 0 Å². The highest BCUT2D eigenvalue weighted by Gasteiger charge is 2.10. The first kappa shape index (κ1) is 13.5. The fraction of sp³-hybridized carbons (Fsp3) is 0. The molecule has 0 saturated heterocycles. The van der Waals surface area contributed by atoms with Crippen molar-refractivity contribution < 1.29 is 8.42 Å². The highest BCUT2D eigenvalue weighted by Crippen LogP contribution is 2.17. The van der Waals surface area contributed by atoms with E-state index in [9.17, 15) is 8.42 Å². The Bertz CT molecular complexity index is 898. The van der Waals surface area contributed by atoms with Crippen molar-refractivity contribution in [2.75, 3.05) is 0 Å². The lowest BCUT2D eigenvalue weighted by Gasteiger charge is -2.01. The van der Waals surface area contributed by atoms with Crippen LogP contribution in [0.5, 0.6) is 0 Å². The van der Waals surface area contributed by atoms with Crippen LogP contribution in [0.3, 0.4) is 0 Å². The van der Waals surface area contributed by atoms with Crippen LogP contribution in [0.2, 0.25) is 0 Å². The minimum atomic E-state index is -3.67. The summed E-state index contributed by atoms with van der Waals surface area (Å²) in [6.07, 6.45) is 4.79. The quantitative estimate of drug-likeness (QED) is 0.698. The van der Waals surface area contributed by atoms with E-state index >= 15 is 0 Å². The first-order valence-electron chi connectivity index (χ1n) is 6.35. The summed E-state index contributed by atoms with van der Waals surface area (Å²) < 4.78 is 28.0. The van der Waals surface area contributed by atoms with Gasteiger partial charge in [0.25, 0.3) is 10.0 Å². The smallest absolute Gasteiger partial charge is 0.264 e. The van der Waals surface area contributed by atoms with Crippen molar-refractivity contribution in [3.63, 3.8) is 0 Å². The van der Waals surface area contributed by atoms with Crippen LogP contribution in [-0.4, -0.2) is 19.6 Å². The Kier molecular flexibility index (Phi) is 3.50. The summed E-state index contributed by atoms with van der Waals surface area (Å²) in [5.41, 5.74) is 0.745. The first-order valence-corrected chi connectivity index (χ1v) is 7.79. The number of rotatable bonds is 3. The standard InChI is InChI=1S/C16H12N2O2S/c19-21(20,15-7-2-1-3-8-15)18-12-14-6-4-5-13-11-17-10-9-16(13)14/h1-12H/b18-12+. The van der Waals surface area contributed by atoms with Crippen molar-refractivity contribution in [2.24, 2.45) is 4.40 Å². The second-order valence-corrected chi connectivity index (χ2v) is 6.10. The largest absolute Gasteiger partial charge is 0.282 e. The summed E-state index contributed by atoms with van der Waals surface area (Å²) in [6.45, 7) is 0. The molecule has 1 heterocycles. The van der Waals surface area contributed by atoms with Gasteiger partial charge < -0.3 is 0 Å². The number of hydrogen-bond acceptors (Lipinski definition) is 3. The lowest BCUT2D eigenvalue weighted by atomic mass is 10.1. The minimum absolute atomic E-state index is 0.183. The molecule has 0 atom stereocenters. The molecule has 0 spiro atoms. The van der Waals surface area contributed by atoms with E-state index in [4.69, 9.17) is 0 Å². The van der Waals surface area contributed by atoms with Gasteiger partial charge in [-0.2, -0.15) is 12.8 Å². The molecule has 5 heteroatoms. The van der Waals surface area contributed by atoms with Gasteiger partial charge in [-0.25, -0.2) is 0 Å². The summed E-state index contributed by atoms with van der Waals surface area (Å²) >= 11 is 0. The SMILES string of the molecule is O=S(=O)(/N=C/c1cccc2cnccc12)c1ccccc1. The van der Waals surface area contributed by atoms with Gasteiger partial charge in [-0.3, -0.25) is 4.98 Å². The Morgan fingerprint density at radius 1 is 0.952 bits per heavy atom. The van der Waals surface area contributed by atoms with Gasteiger partial charge in [-0.05, 0) is 23.6 Å². The van der Waals surface area contributed by atoms with Crippen LogP contribution in [0, 0.1) is 0 Å². The number of pyridine rings is 1. The van der Waals surface area contributed by atoms with Crippen molar-refractivity contribution >= 4 is 27.0 Å². The summed E-state index contributed by atoms with van der Waals surface area (Å²) in [6, 6.07) is 15.6. The number of sulfonamides is 1. The Balaban J connectivity index is 2.03. The monoisotopic (exact) mass is 296 g/mol. The highest BCUT2D eigenvalue weighted by atomic mass is 32.2. The van der Waals surface area contributed by atoms with Gasteiger partial charge in [0.15, 0.2) is 0 Å². The number of benzene rings is 2. The molecule has 2 aromatic carbocycles. The molecular formula is C16H12N2O2S. The third-order valence-electron chi connectivity index (χ3n) is 3.09. The van der Waals surface area contributed by atoms with Gasteiger partial charge in [-0.15, -0.1) is 0 Å². The number of fused-ring (bicyclic) bond motifs is 1. The van der Waals surface area contributed by atoms with E-state index in [0.717, 1.165) is 16.3 Å². The molecule has 21 heavy (non-hydrogen) atoms. The summed E-state index contributed by atoms with van der Waals surface area (Å²) in [5.74, 6) is 0. The van der Waals surface area contributed by atoms with Crippen LogP contribution < -0.4 is 0 Å². The third kappa shape index (κ3) is 2.83. The van der Waals surface area contributed by atoms with E-state index in [-0.39, 0.29) is 4.90 Å². The number of aromatic nitrogens is 1. The fourth-order valence-corrected chi connectivity index (χ4v) is 2.91. The molecule has 0 radical (unpaired) electrons. The average molecular weight is 296 g/mol. The molecule has 104 valence electrons. The van der Waals surface area contributed by atoms with E-state index in [1.807, 2.05) is 24.3 Å². The highest BCUT2D eigenvalue weighted by molar-refractivity contribution is 7.90. The molecule has 3 aromatic rings. The molecular weight excluding hydrogens is 284 g/mol. The van der Waals surface area contributed by atoms with E-state index < -0.39 is 10.0 Å². The molecule has 1 aromatic heterocycles. The summed E-state index contributed by atoms with van der Waals surface area (Å²) in [7, 11) is -3.67. The van der Waals surface area contributed by atoms with Crippen molar-refractivity contribution in [3.8, 4) is 0 Å². The molecule has 0 aliphatic heterocycles. The van der Waals surface area contributed by atoms with Crippen LogP contribution in [0.25, 0.3) is 10.8 Å². The van der Waals surface area contributed by atoms with Crippen molar-refractivity contribution in [1.29, 1.82) is 0 Å². The van der Waals surface area contributed by atoms with Gasteiger partial charge >= 0.3 is 0 Å². The summed E-state index contributed by atoms with van der Waals surface area (Å²) in [5, 5.41) is 1.86. The Morgan fingerprint density at radius 2 is 1.76 bits per heavy atom. The van der Waals surface area contributed by atoms with Crippen LogP contribution in [0.15, 0.2) is 76.3 Å². The summed E-state index contributed by atoms with van der Waals surface area (Å²) in [4.78, 5) is 4.23. The molecule has 0 fully saturated rings. The van der Waals surface area contributed by atoms with Gasteiger partial charge in [-0.1, -0.05) is 36.4 Å². The Labute approximate surface area is 122 Å². The molecule has 3 rings (SSSR count). The van der Waals surface area contributed by atoms with E-state index in [2.05, 4.69) is 9.38 Å². The number of hydrogen-bond donors (Lipinski definition) is 0. The fourth-order valence-electron chi connectivity index (χ4n) is 2.04. The van der Waals surface area contributed by atoms with Gasteiger partial charge in [0.05, 0.1) is 4.90 Å². The maximum atomic E-state index is 12.1. The number of nitrogens with zero attached hydrogens (tertiary/aromatic N) is 2. The average Bonchev–Trinajstić information content (AvgIpc) is 2.54. The maximum absolute atomic E-state index is 12.1. The molecule has 4 nitrogen and oxygen atoms in total. The van der Waals surface area contributed by atoms with E-state index in [1.54, 1.807) is 30.6 Å². The predicted octanol–water partition coefficient (Wildman–Crippen LogP) is 3.04. The molecule has 0 aliphatic carbocycles. The van der Waals surface area contributed by atoms with Crippen LogP contribution in [-0.2, 0) is 10.0 Å². The molecule has 0 saturated carbocycles. The topological polar surface area (TPSA) is 59.4 Å². The third-order valence-corrected chi connectivity index (χ3v) is 4.34. The predicted molar refractivity (Wildman–Crippen MR) is 83.0 cm³/mol.